The number of piperazine rings is 1. The number of carbonyl (C=O) groups excluding carboxylic acids is 3. The quantitative estimate of drug-likeness (QED) is 0.856. The van der Waals surface area contributed by atoms with Crippen molar-refractivity contribution >= 4 is 23.6 Å². The number of nitrogens with zero attached hydrogens (tertiary/aromatic N) is 2. The Morgan fingerprint density at radius 3 is 2.20 bits per heavy atom. The molecule has 1 aromatic heterocycles. The minimum atomic E-state index is -0.256. The van der Waals surface area contributed by atoms with Crippen LogP contribution in [0.4, 0.5) is 5.88 Å². The van der Waals surface area contributed by atoms with Gasteiger partial charge in [0.05, 0.1) is 0 Å². The lowest BCUT2D eigenvalue weighted by Gasteiger charge is -2.33. The minimum absolute atomic E-state index is 0.0167. The Labute approximate surface area is 116 Å². The van der Waals surface area contributed by atoms with Crippen molar-refractivity contribution < 1.29 is 18.8 Å². The zero-order chi connectivity index (χ0) is 14.7. The molecule has 3 amide bonds. The van der Waals surface area contributed by atoms with Crippen LogP contribution >= 0.6 is 0 Å². The Balaban J connectivity index is 1.96. The molecule has 1 saturated heterocycles. The molecule has 7 nitrogen and oxygen atoms in total. The normalized spacial score (nSPS) is 15.1. The summed E-state index contributed by atoms with van der Waals surface area (Å²) in [7, 11) is 0. The van der Waals surface area contributed by atoms with Gasteiger partial charge >= 0.3 is 0 Å². The monoisotopic (exact) mass is 279 g/mol. The molecule has 2 heterocycles. The van der Waals surface area contributed by atoms with E-state index in [1.807, 2.05) is 0 Å². The molecule has 1 aromatic rings. The first-order valence-corrected chi connectivity index (χ1v) is 6.39. The van der Waals surface area contributed by atoms with Gasteiger partial charge in [-0.1, -0.05) is 0 Å². The number of furan rings is 1. The van der Waals surface area contributed by atoms with Gasteiger partial charge < -0.3 is 14.2 Å². The SMILES string of the molecule is CC(=O)Nc1ccc(C(=O)N2CCN(C(C)=O)CC2)o1. The molecule has 0 bridgehead atoms. The molecule has 0 unspecified atom stereocenters. The first-order valence-electron chi connectivity index (χ1n) is 6.39. The van der Waals surface area contributed by atoms with Crippen LogP contribution in [0, 0.1) is 0 Å². The topological polar surface area (TPSA) is 82.9 Å². The molecule has 1 aliphatic rings. The average molecular weight is 279 g/mol. The van der Waals surface area contributed by atoms with Crippen LogP contribution in [-0.4, -0.2) is 53.7 Å². The lowest BCUT2D eigenvalue weighted by molar-refractivity contribution is -0.130. The predicted molar refractivity (Wildman–Crippen MR) is 71.2 cm³/mol. The largest absolute Gasteiger partial charge is 0.435 e. The summed E-state index contributed by atoms with van der Waals surface area (Å²) >= 11 is 0. The average Bonchev–Trinajstić information content (AvgIpc) is 2.85. The summed E-state index contributed by atoms with van der Waals surface area (Å²) in [6.45, 7) is 4.90. The maximum atomic E-state index is 12.2. The van der Waals surface area contributed by atoms with E-state index in [-0.39, 0.29) is 29.4 Å². The second-order valence-corrected chi connectivity index (χ2v) is 4.64. The molecular formula is C13H17N3O4. The van der Waals surface area contributed by atoms with Crippen LogP contribution in [-0.2, 0) is 9.59 Å². The molecule has 0 radical (unpaired) electrons. The molecule has 2 rings (SSSR count). The highest BCUT2D eigenvalue weighted by Gasteiger charge is 2.25. The van der Waals surface area contributed by atoms with E-state index in [0.717, 1.165) is 0 Å². The molecular weight excluding hydrogens is 262 g/mol. The van der Waals surface area contributed by atoms with Crippen LogP contribution in [0.2, 0.25) is 0 Å². The van der Waals surface area contributed by atoms with Crippen molar-refractivity contribution in [1.29, 1.82) is 0 Å². The summed E-state index contributed by atoms with van der Waals surface area (Å²) in [5.74, 6) is -0.0329. The summed E-state index contributed by atoms with van der Waals surface area (Å²) in [6.07, 6.45) is 0. The van der Waals surface area contributed by atoms with E-state index in [1.54, 1.807) is 15.9 Å². The van der Waals surface area contributed by atoms with Crippen molar-refractivity contribution in [3.63, 3.8) is 0 Å². The molecule has 0 aliphatic carbocycles. The van der Waals surface area contributed by atoms with Gasteiger partial charge in [0.2, 0.25) is 11.8 Å². The zero-order valence-corrected chi connectivity index (χ0v) is 11.5. The standard InChI is InChI=1S/C13H17N3O4/c1-9(17)14-12-4-3-11(20-12)13(19)16-7-5-15(6-8-16)10(2)18/h3-4H,5-8H2,1-2H3,(H,14,17). The van der Waals surface area contributed by atoms with Crippen LogP contribution in [0.15, 0.2) is 16.5 Å². The van der Waals surface area contributed by atoms with E-state index >= 15 is 0 Å². The van der Waals surface area contributed by atoms with Crippen LogP contribution < -0.4 is 5.32 Å². The van der Waals surface area contributed by atoms with Gasteiger partial charge in [0.15, 0.2) is 11.6 Å². The van der Waals surface area contributed by atoms with E-state index in [0.29, 0.717) is 26.2 Å². The third-order valence-electron chi connectivity index (χ3n) is 3.13. The number of rotatable bonds is 2. The number of hydrogen-bond acceptors (Lipinski definition) is 4. The Morgan fingerprint density at radius 1 is 1.05 bits per heavy atom. The number of nitrogens with one attached hydrogen (secondary N) is 1. The van der Waals surface area contributed by atoms with Gasteiger partial charge in [-0.15, -0.1) is 0 Å². The molecule has 7 heteroatoms. The summed E-state index contributed by atoms with van der Waals surface area (Å²) < 4.78 is 5.28. The van der Waals surface area contributed by atoms with E-state index < -0.39 is 0 Å². The number of anilines is 1. The van der Waals surface area contributed by atoms with Gasteiger partial charge in [-0.05, 0) is 6.07 Å². The van der Waals surface area contributed by atoms with Gasteiger partial charge in [-0.2, -0.15) is 0 Å². The van der Waals surface area contributed by atoms with Gasteiger partial charge in [0.1, 0.15) is 0 Å². The van der Waals surface area contributed by atoms with Crippen molar-refractivity contribution in [1.82, 2.24) is 9.80 Å². The fourth-order valence-electron chi connectivity index (χ4n) is 2.07. The van der Waals surface area contributed by atoms with Crippen LogP contribution in [0.5, 0.6) is 0 Å². The summed E-state index contributed by atoms with van der Waals surface area (Å²) in [6, 6.07) is 3.07. The maximum absolute atomic E-state index is 12.2. The van der Waals surface area contributed by atoms with E-state index in [4.69, 9.17) is 4.42 Å². The highest BCUT2D eigenvalue weighted by Crippen LogP contribution is 2.16. The van der Waals surface area contributed by atoms with Crippen LogP contribution in [0.3, 0.4) is 0 Å². The fraction of sp³-hybridized carbons (Fsp3) is 0.462. The maximum Gasteiger partial charge on any atom is 0.289 e. The first-order chi connectivity index (χ1) is 9.47. The van der Waals surface area contributed by atoms with E-state index in [1.165, 1.54) is 19.9 Å². The fourth-order valence-corrected chi connectivity index (χ4v) is 2.07. The predicted octanol–water partition coefficient (Wildman–Crippen LogP) is 0.542. The molecule has 0 saturated carbocycles. The molecule has 20 heavy (non-hydrogen) atoms. The lowest BCUT2D eigenvalue weighted by atomic mass is 10.3. The Bertz CT molecular complexity index is 529. The van der Waals surface area contributed by atoms with Gasteiger partial charge in [0, 0.05) is 46.1 Å². The van der Waals surface area contributed by atoms with Gasteiger partial charge in [-0.25, -0.2) is 0 Å². The molecule has 1 aliphatic heterocycles. The van der Waals surface area contributed by atoms with Crippen molar-refractivity contribution in [2.24, 2.45) is 0 Å². The number of hydrogen-bond donors (Lipinski definition) is 1. The Kier molecular flexibility index (Phi) is 4.07. The third kappa shape index (κ3) is 3.17. The summed E-state index contributed by atoms with van der Waals surface area (Å²) in [4.78, 5) is 37.6. The molecule has 1 fully saturated rings. The highest BCUT2D eigenvalue weighted by molar-refractivity contribution is 5.93. The van der Waals surface area contributed by atoms with E-state index in [9.17, 15) is 14.4 Å². The molecule has 0 spiro atoms. The number of carbonyl (C=O) groups is 3. The van der Waals surface area contributed by atoms with Gasteiger partial charge in [-0.3, -0.25) is 19.7 Å². The smallest absolute Gasteiger partial charge is 0.289 e. The number of amides is 3. The van der Waals surface area contributed by atoms with E-state index in [2.05, 4.69) is 5.32 Å². The lowest BCUT2D eigenvalue weighted by Crippen LogP contribution is -2.50. The molecule has 1 N–H and O–H groups in total. The Hall–Kier alpha value is -2.31. The van der Waals surface area contributed by atoms with Crippen molar-refractivity contribution in [2.75, 3.05) is 31.5 Å². The van der Waals surface area contributed by atoms with Gasteiger partial charge in [0.25, 0.3) is 5.91 Å². The molecule has 0 aromatic carbocycles. The highest BCUT2D eigenvalue weighted by atomic mass is 16.4. The van der Waals surface area contributed by atoms with Crippen LogP contribution in [0.1, 0.15) is 24.4 Å². The molecule has 0 atom stereocenters. The van der Waals surface area contributed by atoms with Crippen molar-refractivity contribution in [2.45, 2.75) is 13.8 Å². The molecule has 108 valence electrons. The Morgan fingerprint density at radius 2 is 1.65 bits per heavy atom. The van der Waals surface area contributed by atoms with Crippen molar-refractivity contribution in [3.8, 4) is 0 Å². The zero-order valence-electron chi connectivity index (χ0n) is 11.5. The minimum Gasteiger partial charge on any atom is -0.435 e. The van der Waals surface area contributed by atoms with Crippen LogP contribution in [0.25, 0.3) is 0 Å². The third-order valence-corrected chi connectivity index (χ3v) is 3.13. The second kappa shape index (κ2) is 5.77. The van der Waals surface area contributed by atoms with Crippen molar-refractivity contribution in [3.05, 3.63) is 17.9 Å². The first kappa shape index (κ1) is 14.1. The second-order valence-electron chi connectivity index (χ2n) is 4.64. The summed E-state index contributed by atoms with van der Waals surface area (Å²) in [5.41, 5.74) is 0. The summed E-state index contributed by atoms with van der Waals surface area (Å²) in [5, 5.41) is 2.48.